The summed E-state index contributed by atoms with van der Waals surface area (Å²) in [4.78, 5) is 4.91. The molecule has 1 aliphatic carbocycles. The molecule has 0 aromatic heterocycles. The second-order valence-electron chi connectivity index (χ2n) is 6.44. The summed E-state index contributed by atoms with van der Waals surface area (Å²) in [5.41, 5.74) is 2.96. The average Bonchev–Trinajstić information content (AvgIpc) is 2.65. The van der Waals surface area contributed by atoms with Crippen molar-refractivity contribution in [1.29, 1.82) is 0 Å². The van der Waals surface area contributed by atoms with Crippen molar-refractivity contribution in [3.05, 3.63) is 54.1 Å². The Morgan fingerprint density at radius 2 is 1.95 bits per heavy atom. The molecule has 2 nitrogen and oxygen atoms in total. The third-order valence-corrected chi connectivity index (χ3v) is 4.63. The summed E-state index contributed by atoms with van der Waals surface area (Å²) in [6, 6.07) is 9.50. The second-order valence-corrected chi connectivity index (χ2v) is 6.44. The van der Waals surface area contributed by atoms with E-state index in [0.717, 1.165) is 13.1 Å². The van der Waals surface area contributed by atoms with Crippen LogP contribution in [0, 0.1) is 5.92 Å². The number of allylic oxidation sites excluding steroid dienone is 2. The number of rotatable bonds is 4. The highest BCUT2D eigenvalue weighted by Gasteiger charge is 2.29. The van der Waals surface area contributed by atoms with E-state index >= 15 is 0 Å². The number of hydrogen-bond donors (Lipinski definition) is 0. The van der Waals surface area contributed by atoms with Gasteiger partial charge in [-0.15, -0.1) is 0 Å². The molecule has 2 atom stereocenters. The van der Waals surface area contributed by atoms with Crippen LogP contribution in [0.25, 0.3) is 0 Å². The first-order valence-corrected chi connectivity index (χ1v) is 8.10. The number of hydrogen-bond acceptors (Lipinski definition) is 2. The molecular formula is C19H26N2. The van der Waals surface area contributed by atoms with Gasteiger partial charge in [0.15, 0.2) is 0 Å². The molecule has 0 saturated carbocycles. The Labute approximate surface area is 128 Å². The Bertz CT molecular complexity index is 530. The maximum absolute atomic E-state index is 2.64. The molecule has 112 valence electrons. The highest BCUT2D eigenvalue weighted by Crippen LogP contribution is 2.34. The van der Waals surface area contributed by atoms with Crippen molar-refractivity contribution in [2.24, 2.45) is 5.92 Å². The first kappa shape index (κ1) is 14.4. The van der Waals surface area contributed by atoms with Crippen LogP contribution in [0.3, 0.4) is 0 Å². The number of fused-ring (bicyclic) bond motifs is 2. The van der Waals surface area contributed by atoms with E-state index in [4.69, 9.17) is 0 Å². The standard InChI is InChI=1S/C19H26N2/c1-20(2)14-7-15-21-18-10-5-3-8-16(18)12-13-17-9-4-6-11-19(17)21/h3-6,8-11,16,18H,7,12-15H2,1-2H3. The minimum absolute atomic E-state index is 0.529. The summed E-state index contributed by atoms with van der Waals surface area (Å²) in [7, 11) is 4.31. The van der Waals surface area contributed by atoms with E-state index in [1.54, 1.807) is 0 Å². The van der Waals surface area contributed by atoms with Gasteiger partial charge in [0, 0.05) is 18.2 Å². The Kier molecular flexibility index (Phi) is 4.45. The Balaban J connectivity index is 1.86. The van der Waals surface area contributed by atoms with Gasteiger partial charge in [0.1, 0.15) is 0 Å². The average molecular weight is 282 g/mol. The zero-order valence-electron chi connectivity index (χ0n) is 13.2. The molecule has 1 aromatic carbocycles. The van der Waals surface area contributed by atoms with Gasteiger partial charge < -0.3 is 9.80 Å². The molecule has 1 heterocycles. The molecule has 0 bridgehead atoms. The third kappa shape index (κ3) is 3.21. The zero-order chi connectivity index (χ0) is 14.7. The van der Waals surface area contributed by atoms with Gasteiger partial charge in [0.2, 0.25) is 0 Å². The minimum Gasteiger partial charge on any atom is -0.364 e. The van der Waals surface area contributed by atoms with Crippen molar-refractivity contribution in [2.45, 2.75) is 25.3 Å². The molecule has 3 rings (SSSR count). The van der Waals surface area contributed by atoms with Crippen LogP contribution >= 0.6 is 0 Å². The van der Waals surface area contributed by atoms with Crippen LogP contribution in [-0.4, -0.2) is 38.1 Å². The zero-order valence-corrected chi connectivity index (χ0v) is 13.2. The first-order valence-electron chi connectivity index (χ1n) is 8.10. The van der Waals surface area contributed by atoms with Gasteiger partial charge in [-0.25, -0.2) is 0 Å². The van der Waals surface area contributed by atoms with Crippen LogP contribution in [0.5, 0.6) is 0 Å². The van der Waals surface area contributed by atoms with Gasteiger partial charge in [0.25, 0.3) is 0 Å². The molecule has 0 N–H and O–H groups in total. The van der Waals surface area contributed by atoms with Gasteiger partial charge >= 0.3 is 0 Å². The van der Waals surface area contributed by atoms with Gasteiger partial charge in [-0.05, 0) is 51.5 Å². The number of anilines is 1. The van der Waals surface area contributed by atoms with E-state index in [1.807, 2.05) is 0 Å². The maximum atomic E-state index is 2.64. The molecule has 2 heteroatoms. The van der Waals surface area contributed by atoms with E-state index in [9.17, 15) is 0 Å². The number of nitrogens with zero attached hydrogens (tertiary/aromatic N) is 2. The van der Waals surface area contributed by atoms with Crippen LogP contribution in [0.2, 0.25) is 0 Å². The molecule has 0 spiro atoms. The third-order valence-electron chi connectivity index (χ3n) is 4.63. The summed E-state index contributed by atoms with van der Waals surface area (Å²) in [6.07, 6.45) is 12.9. The molecule has 21 heavy (non-hydrogen) atoms. The smallest absolute Gasteiger partial charge is 0.0539 e. The normalized spacial score (nSPS) is 23.9. The summed E-state index contributed by atoms with van der Waals surface area (Å²) >= 11 is 0. The van der Waals surface area contributed by atoms with Crippen molar-refractivity contribution < 1.29 is 0 Å². The van der Waals surface area contributed by atoms with E-state index < -0.39 is 0 Å². The van der Waals surface area contributed by atoms with Crippen molar-refractivity contribution >= 4 is 5.69 Å². The summed E-state index contributed by atoms with van der Waals surface area (Å²) < 4.78 is 0. The SMILES string of the molecule is CN(C)CCCN1c2ccccc2CCC2C=CC=CC21. The molecule has 0 radical (unpaired) electrons. The largest absolute Gasteiger partial charge is 0.364 e. The van der Waals surface area contributed by atoms with Gasteiger partial charge in [-0.1, -0.05) is 42.5 Å². The van der Waals surface area contributed by atoms with Crippen molar-refractivity contribution in [3.63, 3.8) is 0 Å². The molecule has 1 aliphatic heterocycles. The molecule has 0 saturated heterocycles. The summed E-state index contributed by atoms with van der Waals surface area (Å²) in [6.45, 7) is 2.28. The molecule has 0 fully saturated rings. The highest BCUT2D eigenvalue weighted by atomic mass is 15.2. The summed E-state index contributed by atoms with van der Waals surface area (Å²) in [5.74, 6) is 0.654. The van der Waals surface area contributed by atoms with Crippen LogP contribution in [0.4, 0.5) is 5.69 Å². The molecule has 1 aromatic rings. The quantitative estimate of drug-likeness (QED) is 0.834. The van der Waals surface area contributed by atoms with Gasteiger partial charge in [0.05, 0.1) is 6.04 Å². The first-order chi connectivity index (χ1) is 10.3. The molecule has 2 aliphatic rings. The summed E-state index contributed by atoms with van der Waals surface area (Å²) in [5, 5.41) is 0. The van der Waals surface area contributed by atoms with Crippen molar-refractivity contribution in [2.75, 3.05) is 32.1 Å². The fourth-order valence-electron chi connectivity index (χ4n) is 3.56. The van der Waals surface area contributed by atoms with Gasteiger partial charge in [-0.3, -0.25) is 0 Å². The molecule has 0 amide bonds. The van der Waals surface area contributed by atoms with Crippen LogP contribution in [0.15, 0.2) is 48.6 Å². The Hall–Kier alpha value is -1.54. The molecular weight excluding hydrogens is 256 g/mol. The predicted molar refractivity (Wildman–Crippen MR) is 90.8 cm³/mol. The van der Waals surface area contributed by atoms with E-state index in [-0.39, 0.29) is 0 Å². The lowest BCUT2D eigenvalue weighted by atomic mass is 9.90. The fraction of sp³-hybridized carbons (Fsp3) is 0.474. The molecule has 2 unspecified atom stereocenters. The van der Waals surface area contributed by atoms with Gasteiger partial charge in [-0.2, -0.15) is 0 Å². The van der Waals surface area contributed by atoms with E-state index in [0.29, 0.717) is 12.0 Å². The lowest BCUT2D eigenvalue weighted by Gasteiger charge is -2.36. The lowest BCUT2D eigenvalue weighted by Crippen LogP contribution is -2.40. The lowest BCUT2D eigenvalue weighted by molar-refractivity contribution is 0.394. The Morgan fingerprint density at radius 3 is 2.81 bits per heavy atom. The van der Waals surface area contributed by atoms with Crippen LogP contribution in [0.1, 0.15) is 18.4 Å². The second kappa shape index (κ2) is 6.48. The minimum atomic E-state index is 0.529. The Morgan fingerprint density at radius 1 is 1.14 bits per heavy atom. The maximum Gasteiger partial charge on any atom is 0.0539 e. The highest BCUT2D eigenvalue weighted by molar-refractivity contribution is 5.57. The number of aryl methyl sites for hydroxylation is 1. The van der Waals surface area contributed by atoms with Crippen molar-refractivity contribution in [1.82, 2.24) is 4.90 Å². The number of benzene rings is 1. The van der Waals surface area contributed by atoms with E-state index in [1.165, 1.54) is 30.5 Å². The number of para-hydroxylation sites is 1. The van der Waals surface area contributed by atoms with Crippen molar-refractivity contribution in [3.8, 4) is 0 Å². The fourth-order valence-corrected chi connectivity index (χ4v) is 3.56. The van der Waals surface area contributed by atoms with Crippen LogP contribution in [-0.2, 0) is 6.42 Å². The monoisotopic (exact) mass is 282 g/mol. The predicted octanol–water partition coefficient (Wildman–Crippen LogP) is 3.50. The van der Waals surface area contributed by atoms with Crippen LogP contribution < -0.4 is 4.90 Å². The van der Waals surface area contributed by atoms with E-state index in [2.05, 4.69) is 72.5 Å². The topological polar surface area (TPSA) is 6.48 Å².